The van der Waals surface area contributed by atoms with Gasteiger partial charge >= 0.3 is 12.1 Å². The van der Waals surface area contributed by atoms with E-state index in [1.54, 1.807) is 6.92 Å². The van der Waals surface area contributed by atoms with Crippen LogP contribution in [0.25, 0.3) is 0 Å². The summed E-state index contributed by atoms with van der Waals surface area (Å²) in [6.07, 6.45) is -2.89. The Hall–Kier alpha value is -1.04. The topological polar surface area (TPSA) is 38.1 Å². The lowest BCUT2D eigenvalue weighted by Crippen LogP contribution is -2.26. The minimum Gasteiger partial charge on any atom is -0.437 e. The monoisotopic (exact) mass is 234 g/mol. The maximum absolute atomic E-state index is 12.4. The van der Waals surface area contributed by atoms with Crippen molar-refractivity contribution < 1.29 is 17.6 Å². The summed E-state index contributed by atoms with van der Waals surface area (Å²) in [6.45, 7) is 3.19. The third kappa shape index (κ3) is 2.21. The zero-order chi connectivity index (χ0) is 11.8. The molecule has 6 heteroatoms. The molecule has 16 heavy (non-hydrogen) atoms. The molecule has 3 nitrogen and oxygen atoms in total. The molecule has 1 aromatic heterocycles. The number of oxazole rings is 1. The van der Waals surface area contributed by atoms with Crippen molar-refractivity contribution in [1.82, 2.24) is 10.3 Å². The van der Waals surface area contributed by atoms with Gasteiger partial charge in [0.15, 0.2) is 0 Å². The van der Waals surface area contributed by atoms with Gasteiger partial charge in [-0.1, -0.05) is 0 Å². The van der Waals surface area contributed by atoms with Gasteiger partial charge in [-0.15, -0.1) is 0 Å². The van der Waals surface area contributed by atoms with Crippen LogP contribution in [0.1, 0.15) is 36.1 Å². The molecule has 0 aromatic carbocycles. The van der Waals surface area contributed by atoms with Crippen molar-refractivity contribution in [1.29, 1.82) is 0 Å². The first-order valence-corrected chi connectivity index (χ1v) is 5.23. The van der Waals surface area contributed by atoms with Gasteiger partial charge in [0.25, 0.3) is 0 Å². The summed E-state index contributed by atoms with van der Waals surface area (Å²) in [7, 11) is 0. The summed E-state index contributed by atoms with van der Waals surface area (Å²) in [5.74, 6) is -0.669. The van der Waals surface area contributed by atoms with Crippen LogP contribution in [0.5, 0.6) is 0 Å². The molecule has 0 aliphatic carbocycles. The molecule has 0 saturated carbocycles. The van der Waals surface area contributed by atoms with Crippen molar-refractivity contribution in [3.63, 3.8) is 0 Å². The number of hydrogen-bond acceptors (Lipinski definition) is 3. The largest absolute Gasteiger partial charge is 0.468 e. The standard InChI is InChI=1S/C10H13F3N2O/c1-6-8(7-2-4-14-5-3-7)16-9(15-6)10(11,12)13/h7,14H,2-5H2,1H3. The van der Waals surface area contributed by atoms with Crippen LogP contribution in [0.4, 0.5) is 13.2 Å². The number of aromatic nitrogens is 1. The number of aryl methyl sites for hydroxylation is 1. The van der Waals surface area contributed by atoms with Gasteiger partial charge in [0.2, 0.25) is 0 Å². The van der Waals surface area contributed by atoms with Gasteiger partial charge in [0, 0.05) is 5.92 Å². The van der Waals surface area contributed by atoms with Gasteiger partial charge in [-0.2, -0.15) is 13.2 Å². The molecule has 0 radical (unpaired) electrons. The number of piperidine rings is 1. The highest BCUT2D eigenvalue weighted by molar-refractivity contribution is 5.15. The highest BCUT2D eigenvalue weighted by atomic mass is 19.4. The second kappa shape index (κ2) is 4.08. The molecule has 1 aromatic rings. The summed E-state index contributed by atoms with van der Waals surface area (Å²) in [5, 5.41) is 3.16. The molecule has 0 amide bonds. The predicted molar refractivity (Wildman–Crippen MR) is 51.1 cm³/mol. The maximum Gasteiger partial charge on any atom is 0.468 e. The smallest absolute Gasteiger partial charge is 0.437 e. The van der Waals surface area contributed by atoms with Crippen LogP contribution in [0.3, 0.4) is 0 Å². The third-order valence-electron chi connectivity index (χ3n) is 2.78. The van der Waals surface area contributed by atoms with E-state index in [0.717, 1.165) is 25.9 Å². The number of nitrogens with zero attached hydrogens (tertiary/aromatic N) is 1. The second-order valence-corrected chi connectivity index (χ2v) is 3.99. The lowest BCUT2D eigenvalue weighted by Gasteiger charge is -2.20. The Balaban J connectivity index is 2.24. The van der Waals surface area contributed by atoms with Crippen molar-refractivity contribution in [3.8, 4) is 0 Å². The quantitative estimate of drug-likeness (QED) is 0.811. The molecular formula is C10H13F3N2O. The van der Waals surface area contributed by atoms with Gasteiger partial charge in [0.05, 0.1) is 5.69 Å². The number of nitrogens with one attached hydrogen (secondary N) is 1. The summed E-state index contributed by atoms with van der Waals surface area (Å²) in [6, 6.07) is 0. The minimum atomic E-state index is -4.49. The van der Waals surface area contributed by atoms with Crippen LogP contribution in [-0.4, -0.2) is 18.1 Å². The third-order valence-corrected chi connectivity index (χ3v) is 2.78. The molecule has 1 saturated heterocycles. The average Bonchev–Trinajstić information content (AvgIpc) is 2.61. The number of hydrogen-bond donors (Lipinski definition) is 1. The minimum absolute atomic E-state index is 0.0600. The van der Waals surface area contributed by atoms with E-state index in [9.17, 15) is 13.2 Å². The maximum atomic E-state index is 12.4. The Morgan fingerprint density at radius 3 is 2.44 bits per heavy atom. The average molecular weight is 234 g/mol. The van der Waals surface area contributed by atoms with E-state index in [1.165, 1.54) is 0 Å². The fraction of sp³-hybridized carbons (Fsp3) is 0.700. The van der Waals surface area contributed by atoms with Crippen molar-refractivity contribution in [2.45, 2.75) is 31.9 Å². The molecule has 2 rings (SSSR count). The van der Waals surface area contributed by atoms with E-state index in [2.05, 4.69) is 10.3 Å². The lowest BCUT2D eigenvalue weighted by atomic mass is 9.94. The number of rotatable bonds is 1. The van der Waals surface area contributed by atoms with Crippen molar-refractivity contribution in [2.24, 2.45) is 0 Å². The molecular weight excluding hydrogens is 221 g/mol. The SMILES string of the molecule is Cc1nc(C(F)(F)F)oc1C1CCNCC1. The molecule has 0 unspecified atom stereocenters. The normalized spacial score (nSPS) is 19.0. The molecule has 2 heterocycles. The first kappa shape index (κ1) is 11.4. The van der Waals surface area contributed by atoms with Gasteiger partial charge < -0.3 is 9.73 Å². The Kier molecular flexibility index (Phi) is 2.92. The fourth-order valence-electron chi connectivity index (χ4n) is 1.99. The van der Waals surface area contributed by atoms with Gasteiger partial charge in [-0.3, -0.25) is 0 Å². The predicted octanol–water partition coefficient (Wildman–Crippen LogP) is 2.47. The van der Waals surface area contributed by atoms with Crippen LogP contribution in [-0.2, 0) is 6.18 Å². The van der Waals surface area contributed by atoms with E-state index < -0.39 is 12.1 Å². The molecule has 1 N–H and O–H groups in total. The van der Waals surface area contributed by atoms with E-state index in [4.69, 9.17) is 4.42 Å². The lowest BCUT2D eigenvalue weighted by molar-refractivity contribution is -0.157. The Morgan fingerprint density at radius 2 is 1.94 bits per heavy atom. The summed E-state index contributed by atoms with van der Waals surface area (Å²) >= 11 is 0. The van der Waals surface area contributed by atoms with Gasteiger partial charge in [0.1, 0.15) is 5.76 Å². The highest BCUT2D eigenvalue weighted by Crippen LogP contribution is 2.34. The Labute approximate surface area is 91.0 Å². The molecule has 1 aliphatic heterocycles. The fourth-order valence-corrected chi connectivity index (χ4v) is 1.99. The molecule has 0 spiro atoms. The van der Waals surface area contributed by atoms with Gasteiger partial charge in [-0.05, 0) is 32.9 Å². The second-order valence-electron chi connectivity index (χ2n) is 3.99. The molecule has 90 valence electrons. The van der Waals surface area contributed by atoms with E-state index in [0.29, 0.717) is 11.5 Å². The molecule has 1 fully saturated rings. The van der Waals surface area contributed by atoms with Crippen LogP contribution < -0.4 is 5.32 Å². The molecule has 0 bridgehead atoms. The summed E-state index contributed by atoms with van der Waals surface area (Å²) in [4.78, 5) is 3.45. The number of halogens is 3. The van der Waals surface area contributed by atoms with Gasteiger partial charge in [-0.25, -0.2) is 4.98 Å². The first-order chi connectivity index (χ1) is 7.48. The molecule has 0 atom stereocenters. The molecule has 1 aliphatic rings. The van der Waals surface area contributed by atoms with E-state index in [-0.39, 0.29) is 5.92 Å². The van der Waals surface area contributed by atoms with Crippen molar-refractivity contribution >= 4 is 0 Å². The van der Waals surface area contributed by atoms with Crippen LogP contribution in [0.15, 0.2) is 4.42 Å². The van der Waals surface area contributed by atoms with Crippen LogP contribution in [0.2, 0.25) is 0 Å². The Morgan fingerprint density at radius 1 is 1.31 bits per heavy atom. The van der Waals surface area contributed by atoms with E-state index in [1.807, 2.05) is 0 Å². The first-order valence-electron chi connectivity index (χ1n) is 5.23. The van der Waals surface area contributed by atoms with Crippen molar-refractivity contribution in [2.75, 3.05) is 13.1 Å². The number of alkyl halides is 3. The Bertz CT molecular complexity index is 367. The highest BCUT2D eigenvalue weighted by Gasteiger charge is 2.39. The summed E-state index contributed by atoms with van der Waals surface area (Å²) in [5.41, 5.74) is 0.360. The van der Waals surface area contributed by atoms with Crippen LogP contribution in [0, 0.1) is 6.92 Å². The van der Waals surface area contributed by atoms with E-state index >= 15 is 0 Å². The van der Waals surface area contributed by atoms with Crippen LogP contribution >= 0.6 is 0 Å². The zero-order valence-corrected chi connectivity index (χ0v) is 8.90. The zero-order valence-electron chi connectivity index (χ0n) is 8.90. The summed E-state index contributed by atoms with van der Waals surface area (Å²) < 4.78 is 42.0. The van der Waals surface area contributed by atoms with Crippen molar-refractivity contribution in [3.05, 3.63) is 17.3 Å².